The summed E-state index contributed by atoms with van der Waals surface area (Å²) in [6, 6.07) is 0. The van der Waals surface area contributed by atoms with Crippen LogP contribution in [0.4, 0.5) is 0 Å². The summed E-state index contributed by atoms with van der Waals surface area (Å²) >= 11 is -2.47. The molecule has 0 aromatic carbocycles. The average molecular weight is 195 g/mol. The molecule has 0 saturated carbocycles. The molecule has 0 N–H and O–H groups in total. The molecule has 0 atom stereocenters. The zero-order valence-corrected chi connectivity index (χ0v) is 8.06. The zero-order valence-electron chi connectivity index (χ0n) is 5.60. The SMILES string of the molecule is C[CH2][Zr](=[O])[O]C(C)C. The Kier molecular flexibility index (Phi) is 4.88. The van der Waals surface area contributed by atoms with Crippen LogP contribution in [0.1, 0.15) is 20.8 Å². The first-order valence-electron chi connectivity index (χ1n) is 2.86. The molecule has 0 aromatic rings. The van der Waals surface area contributed by atoms with Gasteiger partial charge in [0.1, 0.15) is 0 Å². The van der Waals surface area contributed by atoms with E-state index in [-0.39, 0.29) is 6.10 Å². The van der Waals surface area contributed by atoms with E-state index in [0.29, 0.717) is 0 Å². The summed E-state index contributed by atoms with van der Waals surface area (Å²) in [5, 5.41) is 0. The van der Waals surface area contributed by atoms with E-state index in [1.54, 1.807) is 0 Å². The summed E-state index contributed by atoms with van der Waals surface area (Å²) in [6.45, 7) is 5.73. The van der Waals surface area contributed by atoms with Gasteiger partial charge in [-0.1, -0.05) is 0 Å². The van der Waals surface area contributed by atoms with Crippen molar-refractivity contribution >= 4 is 0 Å². The van der Waals surface area contributed by atoms with Crippen LogP contribution in [-0.2, 0) is 27.8 Å². The van der Waals surface area contributed by atoms with Gasteiger partial charge in [-0.2, -0.15) is 0 Å². The maximum absolute atomic E-state index is 10.7. The third-order valence-electron chi connectivity index (χ3n) is 0.656. The Labute approximate surface area is 59.0 Å². The summed E-state index contributed by atoms with van der Waals surface area (Å²) in [4.78, 5) is 0. The topological polar surface area (TPSA) is 26.3 Å². The molecule has 2 nitrogen and oxygen atoms in total. The van der Waals surface area contributed by atoms with Crippen molar-refractivity contribution in [3.8, 4) is 0 Å². The molecule has 0 aliphatic heterocycles. The molecule has 48 valence electrons. The second-order valence-corrected chi connectivity index (χ2v) is 6.04. The van der Waals surface area contributed by atoms with Crippen LogP contribution >= 0.6 is 0 Å². The maximum atomic E-state index is 10.7. The van der Waals surface area contributed by atoms with Gasteiger partial charge in [0, 0.05) is 0 Å². The molecule has 8 heavy (non-hydrogen) atoms. The Hall–Kier alpha value is 0.643. The van der Waals surface area contributed by atoms with E-state index in [9.17, 15) is 2.81 Å². The van der Waals surface area contributed by atoms with Crippen LogP contribution in [0.25, 0.3) is 0 Å². The molecule has 0 spiro atoms. The Morgan fingerprint density at radius 2 is 2.12 bits per heavy atom. The summed E-state index contributed by atoms with van der Waals surface area (Å²) < 4.78 is 16.5. The van der Waals surface area contributed by atoms with Crippen LogP contribution in [-0.4, -0.2) is 6.10 Å². The second kappa shape index (κ2) is 4.52. The van der Waals surface area contributed by atoms with Gasteiger partial charge in [0.2, 0.25) is 0 Å². The van der Waals surface area contributed by atoms with Crippen molar-refractivity contribution in [3.63, 3.8) is 0 Å². The fourth-order valence-corrected chi connectivity index (χ4v) is 2.05. The molecule has 0 fully saturated rings. The molecule has 0 saturated heterocycles. The van der Waals surface area contributed by atoms with Crippen molar-refractivity contribution in [2.45, 2.75) is 31.0 Å². The van der Waals surface area contributed by atoms with Gasteiger partial charge in [0.15, 0.2) is 0 Å². The minimum atomic E-state index is -2.47. The van der Waals surface area contributed by atoms with Crippen LogP contribution in [0.3, 0.4) is 0 Å². The fraction of sp³-hybridized carbons (Fsp3) is 1.00. The van der Waals surface area contributed by atoms with E-state index in [4.69, 9.17) is 2.81 Å². The van der Waals surface area contributed by atoms with Crippen molar-refractivity contribution in [3.05, 3.63) is 0 Å². The standard InChI is InChI=1S/C3H7O.C2H5.O.Zr/c1-3(2)4;1-2;;/h3H,1-2H3;1H2,2H3;;/q-1;;;+1. The summed E-state index contributed by atoms with van der Waals surface area (Å²) in [7, 11) is 0. The Morgan fingerprint density at radius 1 is 1.62 bits per heavy atom. The van der Waals surface area contributed by atoms with Gasteiger partial charge in [0.25, 0.3) is 0 Å². The third kappa shape index (κ3) is 4.79. The molecular formula is C5H12O2Zr. The van der Waals surface area contributed by atoms with Gasteiger partial charge in [-0.25, -0.2) is 0 Å². The van der Waals surface area contributed by atoms with Gasteiger partial charge >= 0.3 is 58.8 Å². The van der Waals surface area contributed by atoms with Crippen LogP contribution in [0.5, 0.6) is 0 Å². The predicted molar refractivity (Wildman–Crippen MR) is 27.4 cm³/mol. The summed E-state index contributed by atoms with van der Waals surface area (Å²) in [5.41, 5.74) is 0. The summed E-state index contributed by atoms with van der Waals surface area (Å²) in [6.07, 6.45) is 0.154. The number of hydrogen-bond donors (Lipinski definition) is 0. The third-order valence-corrected chi connectivity index (χ3v) is 3.88. The van der Waals surface area contributed by atoms with E-state index in [0.717, 1.165) is 4.13 Å². The number of rotatable bonds is 3. The molecule has 0 rings (SSSR count). The van der Waals surface area contributed by atoms with E-state index in [2.05, 4.69) is 0 Å². The molecule has 0 aliphatic rings. The number of hydrogen-bond acceptors (Lipinski definition) is 2. The van der Waals surface area contributed by atoms with Crippen molar-refractivity contribution < 1.29 is 27.8 Å². The monoisotopic (exact) mass is 194 g/mol. The Bertz CT molecular complexity index is 80.5. The Balaban J connectivity index is 3.25. The first-order valence-corrected chi connectivity index (χ1v) is 6.60. The minimum absolute atomic E-state index is 0.154. The van der Waals surface area contributed by atoms with Gasteiger partial charge < -0.3 is 0 Å². The molecule has 0 unspecified atom stereocenters. The first-order chi connectivity index (χ1) is 3.66. The molecule has 0 aliphatic carbocycles. The molecule has 0 bridgehead atoms. The van der Waals surface area contributed by atoms with Crippen molar-refractivity contribution in [2.24, 2.45) is 0 Å². The normalized spacial score (nSPS) is 10.0. The molecule has 0 aromatic heterocycles. The summed E-state index contributed by atoms with van der Waals surface area (Å²) in [5.74, 6) is 0. The van der Waals surface area contributed by atoms with Gasteiger partial charge in [0.05, 0.1) is 0 Å². The molecule has 0 heterocycles. The Morgan fingerprint density at radius 3 is 2.25 bits per heavy atom. The van der Waals surface area contributed by atoms with E-state index in [1.165, 1.54) is 0 Å². The second-order valence-electron chi connectivity index (χ2n) is 1.89. The van der Waals surface area contributed by atoms with Crippen LogP contribution in [0.2, 0.25) is 4.13 Å². The molecular weight excluding hydrogens is 183 g/mol. The van der Waals surface area contributed by atoms with Crippen LogP contribution in [0.15, 0.2) is 0 Å². The van der Waals surface area contributed by atoms with Gasteiger partial charge in [-0.15, -0.1) is 0 Å². The van der Waals surface area contributed by atoms with Crippen molar-refractivity contribution in [1.82, 2.24) is 0 Å². The van der Waals surface area contributed by atoms with Gasteiger partial charge in [-0.05, 0) is 0 Å². The first kappa shape index (κ1) is 8.64. The zero-order chi connectivity index (χ0) is 6.57. The van der Waals surface area contributed by atoms with E-state index < -0.39 is 22.2 Å². The quantitative estimate of drug-likeness (QED) is 0.685. The molecule has 0 amide bonds. The van der Waals surface area contributed by atoms with E-state index in [1.807, 2.05) is 20.8 Å². The molecule has 0 radical (unpaired) electrons. The van der Waals surface area contributed by atoms with Gasteiger partial charge in [-0.3, -0.25) is 0 Å². The van der Waals surface area contributed by atoms with Crippen molar-refractivity contribution in [1.29, 1.82) is 0 Å². The van der Waals surface area contributed by atoms with E-state index >= 15 is 0 Å². The predicted octanol–water partition coefficient (Wildman–Crippen LogP) is 1.73. The molecule has 3 heteroatoms. The average Bonchev–Trinajstić information content (AvgIpc) is 1.65. The van der Waals surface area contributed by atoms with Crippen LogP contribution < -0.4 is 0 Å². The van der Waals surface area contributed by atoms with Crippen molar-refractivity contribution in [2.75, 3.05) is 0 Å². The fourth-order valence-electron chi connectivity index (χ4n) is 0.346. The van der Waals surface area contributed by atoms with Crippen LogP contribution in [0, 0.1) is 0 Å².